The third-order valence-corrected chi connectivity index (χ3v) is 4.12. The van der Waals surface area contributed by atoms with E-state index in [9.17, 15) is 4.79 Å². The molecule has 2 aromatic rings. The van der Waals surface area contributed by atoms with Crippen LogP contribution in [0.3, 0.4) is 0 Å². The number of para-hydroxylation sites is 2. The summed E-state index contributed by atoms with van der Waals surface area (Å²) in [6.45, 7) is 9.43. The van der Waals surface area contributed by atoms with Gasteiger partial charge in [0.1, 0.15) is 5.75 Å². The number of anilines is 1. The molecule has 0 aliphatic carbocycles. The molecule has 0 atom stereocenters. The molecular formula is C21H28N2O2. The molecule has 0 heterocycles. The zero-order valence-corrected chi connectivity index (χ0v) is 15.6. The van der Waals surface area contributed by atoms with E-state index in [0.29, 0.717) is 19.1 Å². The van der Waals surface area contributed by atoms with Gasteiger partial charge in [-0.25, -0.2) is 4.79 Å². The number of benzene rings is 2. The molecule has 0 aliphatic rings. The van der Waals surface area contributed by atoms with Crippen molar-refractivity contribution in [1.82, 2.24) is 5.32 Å². The molecule has 2 amide bonds. The highest BCUT2D eigenvalue weighted by Crippen LogP contribution is 2.27. The summed E-state index contributed by atoms with van der Waals surface area (Å²) in [5.74, 6) is 1.26. The first-order valence-electron chi connectivity index (χ1n) is 8.82. The highest BCUT2D eigenvalue weighted by atomic mass is 16.5. The Labute approximate surface area is 150 Å². The van der Waals surface area contributed by atoms with Gasteiger partial charge in [-0.3, -0.25) is 0 Å². The highest BCUT2D eigenvalue weighted by molar-refractivity contribution is 5.91. The second-order valence-electron chi connectivity index (χ2n) is 6.54. The van der Waals surface area contributed by atoms with E-state index in [-0.39, 0.29) is 6.03 Å². The van der Waals surface area contributed by atoms with Crippen molar-refractivity contribution in [2.24, 2.45) is 0 Å². The highest BCUT2D eigenvalue weighted by Gasteiger charge is 2.11. The van der Waals surface area contributed by atoms with Crippen LogP contribution in [0.4, 0.5) is 10.5 Å². The maximum Gasteiger partial charge on any atom is 0.319 e. The lowest BCUT2D eigenvalue weighted by Gasteiger charge is -2.17. The smallest absolute Gasteiger partial charge is 0.319 e. The van der Waals surface area contributed by atoms with E-state index in [1.807, 2.05) is 50.2 Å². The molecule has 0 spiro atoms. The van der Waals surface area contributed by atoms with Crippen molar-refractivity contribution in [2.45, 2.75) is 40.0 Å². The van der Waals surface area contributed by atoms with Gasteiger partial charge in [0, 0.05) is 12.2 Å². The molecule has 0 aliphatic heterocycles. The van der Waals surface area contributed by atoms with E-state index >= 15 is 0 Å². The minimum Gasteiger partial charge on any atom is -0.493 e. The average molecular weight is 340 g/mol. The second kappa shape index (κ2) is 9.11. The van der Waals surface area contributed by atoms with E-state index in [0.717, 1.165) is 34.5 Å². The third kappa shape index (κ3) is 5.52. The van der Waals surface area contributed by atoms with Crippen molar-refractivity contribution in [3.05, 3.63) is 59.2 Å². The number of urea groups is 1. The molecule has 2 aromatic carbocycles. The molecule has 134 valence electrons. The predicted octanol–water partition coefficient (Wildman–Crippen LogP) is 5.02. The van der Waals surface area contributed by atoms with Gasteiger partial charge in [-0.05, 0) is 48.9 Å². The maximum atomic E-state index is 12.2. The Kier molecular flexibility index (Phi) is 6.87. The maximum absolute atomic E-state index is 12.2. The molecule has 0 unspecified atom stereocenters. The minimum atomic E-state index is -0.174. The molecule has 0 saturated heterocycles. The summed E-state index contributed by atoms with van der Waals surface area (Å²) in [5.41, 5.74) is 4.25. The fourth-order valence-corrected chi connectivity index (χ4v) is 2.67. The summed E-state index contributed by atoms with van der Waals surface area (Å²) in [6, 6.07) is 13.9. The molecule has 0 aromatic heterocycles. The lowest BCUT2D eigenvalue weighted by atomic mass is 9.98. The monoisotopic (exact) mass is 340 g/mol. The van der Waals surface area contributed by atoms with Crippen LogP contribution < -0.4 is 15.4 Å². The summed E-state index contributed by atoms with van der Waals surface area (Å²) in [7, 11) is 0. The molecule has 2 N–H and O–H groups in total. The summed E-state index contributed by atoms with van der Waals surface area (Å²) in [6.07, 6.45) is 0.757. The largest absolute Gasteiger partial charge is 0.493 e. The van der Waals surface area contributed by atoms with Crippen LogP contribution in [0.5, 0.6) is 5.75 Å². The lowest BCUT2D eigenvalue weighted by Crippen LogP contribution is -2.31. The molecule has 2 rings (SSSR count). The van der Waals surface area contributed by atoms with Gasteiger partial charge in [0.15, 0.2) is 0 Å². The Balaban J connectivity index is 1.77. The lowest BCUT2D eigenvalue weighted by molar-refractivity contribution is 0.250. The van der Waals surface area contributed by atoms with Gasteiger partial charge in [0.2, 0.25) is 0 Å². The van der Waals surface area contributed by atoms with Crippen LogP contribution in [0, 0.1) is 13.8 Å². The van der Waals surface area contributed by atoms with Gasteiger partial charge in [-0.15, -0.1) is 0 Å². The Morgan fingerprint density at radius 3 is 2.48 bits per heavy atom. The first-order chi connectivity index (χ1) is 12.0. The normalized spacial score (nSPS) is 10.6. The number of hydrogen-bond donors (Lipinski definition) is 2. The number of carbonyl (C=O) groups is 1. The van der Waals surface area contributed by atoms with Gasteiger partial charge < -0.3 is 15.4 Å². The molecule has 4 nitrogen and oxygen atoms in total. The second-order valence-corrected chi connectivity index (χ2v) is 6.54. The van der Waals surface area contributed by atoms with Gasteiger partial charge >= 0.3 is 6.03 Å². The Hall–Kier alpha value is -2.49. The molecule has 25 heavy (non-hydrogen) atoms. The van der Waals surface area contributed by atoms with Crippen molar-refractivity contribution in [3.63, 3.8) is 0 Å². The van der Waals surface area contributed by atoms with Gasteiger partial charge in [-0.1, -0.05) is 50.2 Å². The van der Waals surface area contributed by atoms with Crippen molar-refractivity contribution < 1.29 is 9.53 Å². The van der Waals surface area contributed by atoms with Crippen LogP contribution in [0.1, 0.15) is 42.9 Å². The molecular weight excluding hydrogens is 312 g/mol. The molecule has 0 saturated carbocycles. The van der Waals surface area contributed by atoms with E-state index in [1.165, 1.54) is 0 Å². The molecule has 0 bridgehead atoms. The van der Waals surface area contributed by atoms with Gasteiger partial charge in [0.05, 0.1) is 6.61 Å². The Morgan fingerprint density at radius 2 is 1.76 bits per heavy atom. The van der Waals surface area contributed by atoms with Gasteiger partial charge in [0.25, 0.3) is 0 Å². The van der Waals surface area contributed by atoms with E-state index < -0.39 is 0 Å². The summed E-state index contributed by atoms with van der Waals surface area (Å²) >= 11 is 0. The number of amides is 2. The summed E-state index contributed by atoms with van der Waals surface area (Å²) in [5, 5.41) is 5.88. The molecule has 0 radical (unpaired) electrons. The van der Waals surface area contributed by atoms with Crippen LogP contribution in [0.15, 0.2) is 42.5 Å². The molecule has 4 heteroatoms. The first-order valence-corrected chi connectivity index (χ1v) is 8.82. The van der Waals surface area contributed by atoms with Crippen LogP contribution in [0.2, 0.25) is 0 Å². The number of nitrogens with one attached hydrogen (secondary N) is 2. The summed E-state index contributed by atoms with van der Waals surface area (Å²) < 4.78 is 5.73. The van der Waals surface area contributed by atoms with Crippen molar-refractivity contribution in [1.29, 1.82) is 0 Å². The van der Waals surface area contributed by atoms with Crippen molar-refractivity contribution >= 4 is 11.7 Å². The zero-order valence-electron chi connectivity index (χ0n) is 15.6. The average Bonchev–Trinajstić information content (AvgIpc) is 2.57. The number of hydrogen-bond acceptors (Lipinski definition) is 2. The zero-order chi connectivity index (χ0) is 18.2. The van der Waals surface area contributed by atoms with Crippen LogP contribution in [-0.2, 0) is 0 Å². The number of rotatable bonds is 7. The standard InChI is InChI=1S/C21H28N2O2/c1-15(2)18-11-7-10-17(4)20(18)23-21(24)22-13-8-14-25-19-12-6-5-9-16(19)3/h5-7,9-12,15H,8,13-14H2,1-4H3,(H2,22,23,24). The predicted molar refractivity (Wildman–Crippen MR) is 104 cm³/mol. The van der Waals surface area contributed by atoms with E-state index in [4.69, 9.17) is 4.74 Å². The van der Waals surface area contributed by atoms with Crippen LogP contribution in [-0.4, -0.2) is 19.2 Å². The molecule has 0 fully saturated rings. The van der Waals surface area contributed by atoms with Crippen molar-refractivity contribution in [3.8, 4) is 5.75 Å². The number of ether oxygens (including phenoxy) is 1. The van der Waals surface area contributed by atoms with Gasteiger partial charge in [-0.2, -0.15) is 0 Å². The van der Waals surface area contributed by atoms with Crippen LogP contribution in [0.25, 0.3) is 0 Å². The topological polar surface area (TPSA) is 50.4 Å². The Morgan fingerprint density at radius 1 is 1.04 bits per heavy atom. The fraction of sp³-hybridized carbons (Fsp3) is 0.381. The van der Waals surface area contributed by atoms with E-state index in [2.05, 4.69) is 30.5 Å². The minimum absolute atomic E-state index is 0.174. The Bertz CT molecular complexity index is 711. The number of aryl methyl sites for hydroxylation is 2. The summed E-state index contributed by atoms with van der Waals surface area (Å²) in [4.78, 5) is 12.2. The van der Waals surface area contributed by atoms with Crippen LogP contribution >= 0.6 is 0 Å². The SMILES string of the molecule is Cc1ccccc1OCCCNC(=O)Nc1c(C)cccc1C(C)C. The van der Waals surface area contributed by atoms with E-state index in [1.54, 1.807) is 0 Å². The number of carbonyl (C=O) groups excluding carboxylic acids is 1. The quantitative estimate of drug-likeness (QED) is 0.696. The third-order valence-electron chi connectivity index (χ3n) is 4.12. The first kappa shape index (κ1) is 18.8. The van der Waals surface area contributed by atoms with Crippen molar-refractivity contribution in [2.75, 3.05) is 18.5 Å². The fourth-order valence-electron chi connectivity index (χ4n) is 2.67.